The molecule has 0 aliphatic rings. The van der Waals surface area contributed by atoms with Crippen molar-refractivity contribution in [2.45, 2.75) is 19.8 Å². The second kappa shape index (κ2) is 4.85. The highest BCUT2D eigenvalue weighted by Crippen LogP contribution is 2.12. The molecule has 0 radical (unpaired) electrons. The number of hydrogen-bond acceptors (Lipinski definition) is 4. The topological polar surface area (TPSA) is 69.6 Å². The van der Waals surface area contributed by atoms with Gasteiger partial charge >= 0.3 is 0 Å². The Morgan fingerprint density at radius 2 is 2.31 bits per heavy atom. The summed E-state index contributed by atoms with van der Waals surface area (Å²) in [4.78, 5) is 8.06. The van der Waals surface area contributed by atoms with Crippen LogP contribution in [-0.4, -0.2) is 26.3 Å². The summed E-state index contributed by atoms with van der Waals surface area (Å²) in [5.74, 6) is 0.798. The molecule has 0 fully saturated rings. The molecule has 2 N–H and O–H groups in total. The molecule has 84 valence electrons. The highest BCUT2D eigenvalue weighted by molar-refractivity contribution is 5.26. The van der Waals surface area contributed by atoms with E-state index in [0.717, 1.165) is 24.4 Å². The minimum Gasteiger partial charge on any atom is -0.330 e. The Bertz CT molecular complexity index is 449. The van der Waals surface area contributed by atoms with E-state index in [1.165, 1.54) is 11.9 Å². The molecule has 0 spiro atoms. The van der Waals surface area contributed by atoms with Crippen molar-refractivity contribution in [1.29, 1.82) is 0 Å². The summed E-state index contributed by atoms with van der Waals surface area (Å²) in [6.07, 6.45) is 7.07. The standard InChI is InChI=1S/C11H15N5/c1-9-10(3-2-5-12)7-15-16(9)11-4-6-13-8-14-11/h4,6-8H,2-3,5,12H2,1H3. The summed E-state index contributed by atoms with van der Waals surface area (Å²) < 4.78 is 1.83. The van der Waals surface area contributed by atoms with Crippen molar-refractivity contribution < 1.29 is 0 Å². The zero-order valence-corrected chi connectivity index (χ0v) is 9.30. The van der Waals surface area contributed by atoms with Gasteiger partial charge in [-0.05, 0) is 31.9 Å². The predicted molar refractivity (Wildman–Crippen MR) is 61.3 cm³/mol. The minimum absolute atomic E-state index is 0.706. The lowest BCUT2D eigenvalue weighted by Gasteiger charge is -2.03. The fourth-order valence-corrected chi connectivity index (χ4v) is 1.62. The van der Waals surface area contributed by atoms with E-state index in [1.54, 1.807) is 6.20 Å². The van der Waals surface area contributed by atoms with Gasteiger partial charge in [-0.25, -0.2) is 14.6 Å². The van der Waals surface area contributed by atoms with Crippen molar-refractivity contribution in [2.24, 2.45) is 5.73 Å². The Morgan fingerprint density at radius 3 is 3.00 bits per heavy atom. The van der Waals surface area contributed by atoms with Crippen molar-refractivity contribution in [2.75, 3.05) is 6.54 Å². The van der Waals surface area contributed by atoms with Crippen LogP contribution < -0.4 is 5.73 Å². The van der Waals surface area contributed by atoms with E-state index in [0.29, 0.717) is 6.54 Å². The Hall–Kier alpha value is -1.75. The molecule has 0 aliphatic carbocycles. The van der Waals surface area contributed by atoms with Crippen LogP contribution in [0.25, 0.3) is 5.82 Å². The van der Waals surface area contributed by atoms with Gasteiger partial charge in [-0.3, -0.25) is 0 Å². The monoisotopic (exact) mass is 217 g/mol. The lowest BCUT2D eigenvalue weighted by molar-refractivity contribution is 0.798. The van der Waals surface area contributed by atoms with Crippen LogP contribution in [0, 0.1) is 6.92 Å². The second-order valence-corrected chi connectivity index (χ2v) is 3.63. The molecule has 0 amide bonds. The number of nitrogens with two attached hydrogens (primary N) is 1. The molecule has 0 saturated heterocycles. The van der Waals surface area contributed by atoms with Crippen molar-refractivity contribution in [1.82, 2.24) is 19.7 Å². The summed E-state index contributed by atoms with van der Waals surface area (Å²) in [5.41, 5.74) is 7.84. The van der Waals surface area contributed by atoms with E-state index in [4.69, 9.17) is 5.73 Å². The molecule has 0 atom stereocenters. The molecular formula is C11H15N5. The number of nitrogens with zero attached hydrogens (tertiary/aromatic N) is 4. The van der Waals surface area contributed by atoms with Crippen LogP contribution in [-0.2, 0) is 6.42 Å². The first-order valence-corrected chi connectivity index (χ1v) is 5.33. The highest BCUT2D eigenvalue weighted by atomic mass is 15.3. The fourth-order valence-electron chi connectivity index (χ4n) is 1.62. The maximum Gasteiger partial charge on any atom is 0.156 e. The van der Waals surface area contributed by atoms with Crippen LogP contribution in [0.2, 0.25) is 0 Å². The Kier molecular flexibility index (Phi) is 3.26. The third-order valence-corrected chi connectivity index (χ3v) is 2.55. The molecule has 2 heterocycles. The normalized spacial score (nSPS) is 10.6. The van der Waals surface area contributed by atoms with Crippen LogP contribution in [0.4, 0.5) is 0 Å². The Balaban J connectivity index is 2.27. The fraction of sp³-hybridized carbons (Fsp3) is 0.364. The van der Waals surface area contributed by atoms with Crippen LogP contribution in [0.3, 0.4) is 0 Å². The van der Waals surface area contributed by atoms with Crippen LogP contribution in [0.5, 0.6) is 0 Å². The van der Waals surface area contributed by atoms with Gasteiger partial charge in [0.1, 0.15) is 6.33 Å². The van der Waals surface area contributed by atoms with Gasteiger partial charge in [0.2, 0.25) is 0 Å². The molecule has 2 aromatic rings. The third kappa shape index (κ3) is 2.09. The lowest BCUT2D eigenvalue weighted by atomic mass is 10.1. The lowest BCUT2D eigenvalue weighted by Crippen LogP contribution is -2.03. The SMILES string of the molecule is Cc1c(CCCN)cnn1-c1ccncn1. The zero-order valence-electron chi connectivity index (χ0n) is 9.30. The maximum absolute atomic E-state index is 5.50. The highest BCUT2D eigenvalue weighted by Gasteiger charge is 2.07. The number of aromatic nitrogens is 4. The summed E-state index contributed by atoms with van der Waals surface area (Å²) in [6.45, 7) is 2.75. The van der Waals surface area contributed by atoms with Crippen LogP contribution in [0.15, 0.2) is 24.8 Å². The molecular weight excluding hydrogens is 202 g/mol. The van der Waals surface area contributed by atoms with Crippen LogP contribution in [0.1, 0.15) is 17.7 Å². The zero-order chi connectivity index (χ0) is 11.4. The molecule has 0 saturated carbocycles. The third-order valence-electron chi connectivity index (χ3n) is 2.55. The van der Waals surface area contributed by atoms with E-state index in [1.807, 2.05) is 23.9 Å². The molecule has 2 rings (SSSR count). The minimum atomic E-state index is 0.706. The molecule has 5 heteroatoms. The summed E-state index contributed by atoms with van der Waals surface area (Å²) in [7, 11) is 0. The van der Waals surface area contributed by atoms with Crippen molar-refractivity contribution in [3.8, 4) is 5.82 Å². The largest absolute Gasteiger partial charge is 0.330 e. The average Bonchev–Trinajstić information content (AvgIpc) is 2.69. The molecule has 16 heavy (non-hydrogen) atoms. The molecule has 0 aromatic carbocycles. The van der Waals surface area contributed by atoms with Crippen molar-refractivity contribution in [3.05, 3.63) is 36.0 Å². The first-order chi connectivity index (χ1) is 7.83. The Morgan fingerprint density at radius 1 is 1.44 bits per heavy atom. The second-order valence-electron chi connectivity index (χ2n) is 3.63. The summed E-state index contributed by atoms with van der Waals surface area (Å²) in [6, 6.07) is 1.84. The molecule has 0 bridgehead atoms. The van der Waals surface area contributed by atoms with Gasteiger partial charge in [0.05, 0.1) is 6.20 Å². The van der Waals surface area contributed by atoms with Gasteiger partial charge in [0, 0.05) is 18.0 Å². The van der Waals surface area contributed by atoms with Gasteiger partial charge in [0.15, 0.2) is 5.82 Å². The van der Waals surface area contributed by atoms with Gasteiger partial charge < -0.3 is 5.73 Å². The van der Waals surface area contributed by atoms with E-state index in [-0.39, 0.29) is 0 Å². The predicted octanol–water partition coefficient (Wildman–Crippen LogP) is 0.862. The van der Waals surface area contributed by atoms with Crippen molar-refractivity contribution in [3.63, 3.8) is 0 Å². The van der Waals surface area contributed by atoms with Gasteiger partial charge in [-0.2, -0.15) is 5.10 Å². The first-order valence-electron chi connectivity index (χ1n) is 5.33. The number of hydrogen-bond donors (Lipinski definition) is 1. The smallest absolute Gasteiger partial charge is 0.156 e. The average molecular weight is 217 g/mol. The van der Waals surface area contributed by atoms with E-state index in [2.05, 4.69) is 15.1 Å². The molecule has 2 aromatic heterocycles. The first kappa shape index (κ1) is 10.8. The van der Waals surface area contributed by atoms with Gasteiger partial charge in [-0.1, -0.05) is 0 Å². The van der Waals surface area contributed by atoms with Crippen LogP contribution >= 0.6 is 0 Å². The number of aryl methyl sites for hydroxylation is 1. The quantitative estimate of drug-likeness (QED) is 0.824. The molecule has 0 aliphatic heterocycles. The summed E-state index contributed by atoms with van der Waals surface area (Å²) in [5, 5.41) is 4.32. The van der Waals surface area contributed by atoms with Crippen molar-refractivity contribution >= 4 is 0 Å². The summed E-state index contributed by atoms with van der Waals surface area (Å²) >= 11 is 0. The van der Waals surface area contributed by atoms with E-state index >= 15 is 0 Å². The van der Waals surface area contributed by atoms with Gasteiger partial charge in [0.25, 0.3) is 0 Å². The number of rotatable bonds is 4. The molecule has 5 nitrogen and oxygen atoms in total. The van der Waals surface area contributed by atoms with Gasteiger partial charge in [-0.15, -0.1) is 0 Å². The molecule has 0 unspecified atom stereocenters. The van der Waals surface area contributed by atoms with E-state index in [9.17, 15) is 0 Å². The maximum atomic E-state index is 5.50. The Labute approximate surface area is 94.3 Å². The van der Waals surface area contributed by atoms with E-state index < -0.39 is 0 Å².